The molecule has 0 aromatic carbocycles. The number of aryl methyl sites for hydroxylation is 1. The van der Waals surface area contributed by atoms with E-state index in [2.05, 4.69) is 9.88 Å². The van der Waals surface area contributed by atoms with Gasteiger partial charge >= 0.3 is 0 Å². The number of pyridine rings is 1. The molecule has 0 N–H and O–H groups in total. The highest BCUT2D eigenvalue weighted by Gasteiger charge is 2.38. The number of aromatic nitrogens is 1. The van der Waals surface area contributed by atoms with Crippen molar-refractivity contribution in [1.82, 2.24) is 14.8 Å². The van der Waals surface area contributed by atoms with Crippen molar-refractivity contribution < 1.29 is 9.53 Å². The van der Waals surface area contributed by atoms with Gasteiger partial charge in [-0.2, -0.15) is 11.3 Å². The van der Waals surface area contributed by atoms with Crippen LogP contribution < -0.4 is 0 Å². The number of carbonyl (C=O) groups excluding carboxylic acids is 1. The van der Waals surface area contributed by atoms with Crippen LogP contribution in [-0.4, -0.2) is 59.0 Å². The molecular formula is C19H23N3O2S. The average Bonchev–Trinajstić information content (AvgIpc) is 3.28. The molecule has 2 aromatic rings. The van der Waals surface area contributed by atoms with Crippen molar-refractivity contribution in [2.45, 2.75) is 32.1 Å². The van der Waals surface area contributed by atoms with Gasteiger partial charge in [0.1, 0.15) is 0 Å². The van der Waals surface area contributed by atoms with Crippen LogP contribution in [0.15, 0.2) is 35.0 Å². The smallest absolute Gasteiger partial charge is 0.254 e. The second kappa shape index (κ2) is 7.23. The second-order valence-corrected chi connectivity index (χ2v) is 7.63. The van der Waals surface area contributed by atoms with Gasteiger partial charge in [0.25, 0.3) is 5.91 Å². The van der Waals surface area contributed by atoms with Crippen molar-refractivity contribution in [3.05, 3.63) is 52.0 Å². The summed E-state index contributed by atoms with van der Waals surface area (Å²) >= 11 is 1.57. The van der Waals surface area contributed by atoms with Crippen LogP contribution in [0.4, 0.5) is 0 Å². The molecule has 5 nitrogen and oxygen atoms in total. The number of nitrogens with zero attached hydrogens (tertiary/aromatic N) is 3. The van der Waals surface area contributed by atoms with Crippen molar-refractivity contribution in [3.63, 3.8) is 0 Å². The minimum atomic E-state index is 0.161. The van der Waals surface area contributed by atoms with Gasteiger partial charge in [-0.25, -0.2) is 0 Å². The zero-order valence-corrected chi connectivity index (χ0v) is 15.2. The van der Waals surface area contributed by atoms with E-state index >= 15 is 0 Å². The molecule has 0 radical (unpaired) electrons. The molecule has 25 heavy (non-hydrogen) atoms. The highest BCUT2D eigenvalue weighted by Crippen LogP contribution is 2.25. The van der Waals surface area contributed by atoms with Crippen molar-refractivity contribution in [3.8, 4) is 0 Å². The van der Waals surface area contributed by atoms with Gasteiger partial charge in [-0.1, -0.05) is 6.07 Å². The predicted octanol–water partition coefficient (Wildman–Crippen LogP) is 2.57. The first-order valence-electron chi connectivity index (χ1n) is 8.79. The maximum absolute atomic E-state index is 12.5. The molecule has 2 aliphatic rings. The van der Waals surface area contributed by atoms with E-state index in [0.29, 0.717) is 12.6 Å². The van der Waals surface area contributed by atoms with Crippen LogP contribution in [-0.2, 0) is 11.3 Å². The number of amides is 1. The summed E-state index contributed by atoms with van der Waals surface area (Å²) in [5, 5.41) is 3.90. The van der Waals surface area contributed by atoms with Crippen LogP contribution in [0.2, 0.25) is 0 Å². The van der Waals surface area contributed by atoms with E-state index in [1.807, 2.05) is 46.8 Å². The number of piperazine rings is 1. The van der Waals surface area contributed by atoms with Gasteiger partial charge in [-0.05, 0) is 36.9 Å². The van der Waals surface area contributed by atoms with Gasteiger partial charge in [0.05, 0.1) is 24.0 Å². The van der Waals surface area contributed by atoms with Crippen molar-refractivity contribution >= 4 is 17.2 Å². The number of rotatable bonds is 4. The number of fused-ring (bicyclic) bond motifs is 1. The Bertz CT molecular complexity index is 734. The van der Waals surface area contributed by atoms with E-state index in [4.69, 9.17) is 4.74 Å². The van der Waals surface area contributed by atoms with E-state index in [-0.39, 0.29) is 12.0 Å². The van der Waals surface area contributed by atoms with Crippen LogP contribution in [0.1, 0.15) is 28.2 Å². The van der Waals surface area contributed by atoms with Crippen LogP contribution >= 0.6 is 11.3 Å². The predicted molar refractivity (Wildman–Crippen MR) is 97.8 cm³/mol. The third-order valence-electron chi connectivity index (χ3n) is 5.05. The first kappa shape index (κ1) is 16.7. The Morgan fingerprint density at radius 2 is 2.24 bits per heavy atom. The Kier molecular flexibility index (Phi) is 4.83. The molecule has 1 amide bonds. The van der Waals surface area contributed by atoms with Gasteiger partial charge in [-0.3, -0.25) is 14.7 Å². The van der Waals surface area contributed by atoms with Crippen molar-refractivity contribution in [2.75, 3.05) is 26.2 Å². The Balaban J connectivity index is 1.32. The molecular weight excluding hydrogens is 334 g/mol. The normalized spacial score (nSPS) is 23.6. The summed E-state index contributed by atoms with van der Waals surface area (Å²) in [4.78, 5) is 21.5. The van der Waals surface area contributed by atoms with Gasteiger partial charge in [0.15, 0.2) is 0 Å². The molecule has 0 unspecified atom stereocenters. The fourth-order valence-electron chi connectivity index (χ4n) is 3.75. The number of thiophene rings is 1. The molecule has 2 fully saturated rings. The molecule has 2 saturated heterocycles. The molecule has 2 aromatic heterocycles. The second-order valence-electron chi connectivity index (χ2n) is 6.85. The van der Waals surface area contributed by atoms with E-state index in [1.165, 1.54) is 0 Å². The number of ether oxygens (including phenoxy) is 1. The number of hydrogen-bond acceptors (Lipinski definition) is 5. The van der Waals surface area contributed by atoms with Crippen LogP contribution in [0.3, 0.4) is 0 Å². The van der Waals surface area contributed by atoms with E-state index < -0.39 is 0 Å². The summed E-state index contributed by atoms with van der Waals surface area (Å²) in [6, 6.07) is 8.35. The summed E-state index contributed by atoms with van der Waals surface area (Å²) in [5.74, 6) is 0.161. The van der Waals surface area contributed by atoms with E-state index in [1.54, 1.807) is 11.3 Å². The molecule has 2 atom stereocenters. The summed E-state index contributed by atoms with van der Waals surface area (Å²) in [6.45, 7) is 6.05. The molecule has 0 aliphatic carbocycles. The SMILES string of the molecule is Cc1cccc(CO[C@@H]2C[C@H]3CN(C(=O)c4ccsc4)CCN3C2)n1. The molecule has 0 bridgehead atoms. The van der Waals surface area contributed by atoms with Gasteiger partial charge in [-0.15, -0.1) is 0 Å². The monoisotopic (exact) mass is 357 g/mol. The number of hydrogen-bond donors (Lipinski definition) is 0. The van der Waals surface area contributed by atoms with Gasteiger partial charge in [0.2, 0.25) is 0 Å². The van der Waals surface area contributed by atoms with Crippen molar-refractivity contribution in [1.29, 1.82) is 0 Å². The minimum Gasteiger partial charge on any atom is -0.371 e. The molecule has 4 heterocycles. The zero-order valence-electron chi connectivity index (χ0n) is 14.4. The molecule has 4 rings (SSSR count). The average molecular weight is 357 g/mol. The summed E-state index contributed by atoms with van der Waals surface area (Å²) in [6.07, 6.45) is 1.21. The summed E-state index contributed by atoms with van der Waals surface area (Å²) in [5.41, 5.74) is 2.82. The van der Waals surface area contributed by atoms with Crippen LogP contribution in [0, 0.1) is 6.92 Å². The van der Waals surface area contributed by atoms with Crippen LogP contribution in [0.5, 0.6) is 0 Å². The largest absolute Gasteiger partial charge is 0.371 e. The zero-order chi connectivity index (χ0) is 17.2. The molecule has 2 aliphatic heterocycles. The Hall–Kier alpha value is -1.76. The third-order valence-corrected chi connectivity index (χ3v) is 5.73. The molecule has 0 saturated carbocycles. The van der Waals surface area contributed by atoms with Crippen LogP contribution in [0.25, 0.3) is 0 Å². The lowest BCUT2D eigenvalue weighted by atomic mass is 10.1. The fraction of sp³-hybridized carbons (Fsp3) is 0.474. The molecule has 6 heteroatoms. The van der Waals surface area contributed by atoms with E-state index in [9.17, 15) is 4.79 Å². The van der Waals surface area contributed by atoms with Gasteiger partial charge in [0, 0.05) is 43.3 Å². The van der Waals surface area contributed by atoms with E-state index in [0.717, 1.165) is 49.6 Å². The molecule has 132 valence electrons. The minimum absolute atomic E-state index is 0.161. The maximum Gasteiger partial charge on any atom is 0.254 e. The maximum atomic E-state index is 12.5. The highest BCUT2D eigenvalue weighted by molar-refractivity contribution is 7.08. The third kappa shape index (κ3) is 3.76. The van der Waals surface area contributed by atoms with Crippen molar-refractivity contribution in [2.24, 2.45) is 0 Å². The standard InChI is InChI=1S/C19H23N3O2S/c1-14-3-2-4-16(20-14)12-24-18-9-17-10-22(7-6-21(17)11-18)19(23)15-5-8-25-13-15/h2-5,8,13,17-18H,6-7,9-12H2,1H3/t17-,18+/m0/s1. The topological polar surface area (TPSA) is 45.7 Å². The Labute approximate surface area is 152 Å². The quantitative estimate of drug-likeness (QED) is 0.844. The first-order chi connectivity index (χ1) is 12.2. The van der Waals surface area contributed by atoms with Gasteiger partial charge < -0.3 is 9.64 Å². The molecule has 0 spiro atoms. The first-order valence-corrected chi connectivity index (χ1v) is 9.73. The summed E-state index contributed by atoms with van der Waals surface area (Å²) in [7, 11) is 0. The lowest BCUT2D eigenvalue weighted by molar-refractivity contribution is 0.0434. The lowest BCUT2D eigenvalue weighted by Crippen LogP contribution is -2.52. The number of carbonyl (C=O) groups is 1. The lowest BCUT2D eigenvalue weighted by Gasteiger charge is -2.37. The fourth-order valence-corrected chi connectivity index (χ4v) is 4.38. The summed E-state index contributed by atoms with van der Waals surface area (Å²) < 4.78 is 6.10. The Morgan fingerprint density at radius 3 is 3.04 bits per heavy atom. The Morgan fingerprint density at radius 1 is 1.32 bits per heavy atom. The highest BCUT2D eigenvalue weighted by atomic mass is 32.1.